The van der Waals surface area contributed by atoms with Crippen LogP contribution in [0.4, 0.5) is 10.1 Å². The molecule has 0 unspecified atom stereocenters. The number of nitrogens with zero attached hydrogens (tertiary/aromatic N) is 1. The van der Waals surface area contributed by atoms with Crippen molar-refractivity contribution >= 4 is 22.9 Å². The normalized spacial score (nSPS) is 9.92. The molecule has 3 rings (SSSR count). The van der Waals surface area contributed by atoms with Gasteiger partial charge in [-0.3, -0.25) is 4.79 Å². The minimum absolute atomic E-state index is 0.311. The summed E-state index contributed by atoms with van der Waals surface area (Å²) in [7, 11) is 0. The van der Waals surface area contributed by atoms with Crippen LogP contribution in [0.2, 0.25) is 0 Å². The molecule has 5 heteroatoms. The number of halogens is 1. The van der Waals surface area contributed by atoms with Crippen LogP contribution in [0.25, 0.3) is 0 Å². The highest BCUT2D eigenvalue weighted by Crippen LogP contribution is 2.12. The maximum Gasteiger partial charge on any atom is 0.255 e. The van der Waals surface area contributed by atoms with Gasteiger partial charge in [-0.05, 0) is 49.2 Å². The fraction of sp³-hybridized carbons (Fsp3) is 0.0526. The molecule has 0 bridgehead atoms. The topological polar surface area (TPSA) is 42.0 Å². The third-order valence-corrected chi connectivity index (χ3v) is 3.93. The Morgan fingerprint density at radius 1 is 1.17 bits per heavy atom. The van der Waals surface area contributed by atoms with Gasteiger partial charge in [0.2, 0.25) is 0 Å². The molecule has 0 aliphatic carbocycles. The van der Waals surface area contributed by atoms with Crippen LogP contribution in [-0.4, -0.2) is 10.9 Å². The monoisotopic (exact) mass is 336 g/mol. The van der Waals surface area contributed by atoms with E-state index in [2.05, 4.69) is 22.1 Å². The maximum absolute atomic E-state index is 13.2. The van der Waals surface area contributed by atoms with Crippen molar-refractivity contribution in [3.63, 3.8) is 0 Å². The summed E-state index contributed by atoms with van der Waals surface area (Å²) in [6.45, 7) is 1.92. The van der Waals surface area contributed by atoms with E-state index in [0.717, 1.165) is 5.01 Å². The van der Waals surface area contributed by atoms with Crippen LogP contribution < -0.4 is 5.32 Å². The Labute approximate surface area is 143 Å². The lowest BCUT2D eigenvalue weighted by Crippen LogP contribution is -2.12. The fourth-order valence-corrected chi connectivity index (χ4v) is 2.61. The van der Waals surface area contributed by atoms with Crippen LogP contribution in [0, 0.1) is 24.6 Å². The van der Waals surface area contributed by atoms with Gasteiger partial charge in [0.1, 0.15) is 11.5 Å². The van der Waals surface area contributed by atoms with Crippen molar-refractivity contribution in [1.29, 1.82) is 0 Å². The summed E-state index contributed by atoms with van der Waals surface area (Å²) in [5, 5.41) is 5.52. The first kappa shape index (κ1) is 15.9. The van der Waals surface area contributed by atoms with E-state index in [-0.39, 0.29) is 5.91 Å². The molecule has 0 spiro atoms. The molecule has 0 aliphatic heterocycles. The van der Waals surface area contributed by atoms with Crippen LogP contribution >= 0.6 is 11.3 Å². The van der Waals surface area contributed by atoms with E-state index in [1.54, 1.807) is 41.7 Å². The fourth-order valence-electron chi connectivity index (χ4n) is 2.06. The molecule has 0 aliphatic rings. The number of hydrogen-bond acceptors (Lipinski definition) is 3. The Morgan fingerprint density at radius 2 is 2.00 bits per heavy atom. The first-order valence-electron chi connectivity index (χ1n) is 7.21. The molecule has 0 saturated heterocycles. The molecule has 3 aromatic rings. The number of benzene rings is 2. The number of thiazole rings is 1. The largest absolute Gasteiger partial charge is 0.322 e. The molecule has 3 nitrogen and oxygen atoms in total. The predicted molar refractivity (Wildman–Crippen MR) is 93.6 cm³/mol. The number of carbonyl (C=O) groups excluding carboxylic acids is 1. The summed E-state index contributed by atoms with van der Waals surface area (Å²) in [6, 6.07) is 12.7. The van der Waals surface area contributed by atoms with Gasteiger partial charge >= 0.3 is 0 Å². The Balaban J connectivity index is 1.77. The Hall–Kier alpha value is -2.97. The van der Waals surface area contributed by atoms with Gasteiger partial charge in [0.05, 0.1) is 5.01 Å². The van der Waals surface area contributed by atoms with E-state index in [4.69, 9.17) is 0 Å². The van der Waals surface area contributed by atoms with Crippen molar-refractivity contribution < 1.29 is 9.18 Å². The first-order chi connectivity index (χ1) is 11.6. The zero-order chi connectivity index (χ0) is 16.9. The summed E-state index contributed by atoms with van der Waals surface area (Å²) < 4.78 is 13.2. The van der Waals surface area contributed by atoms with Crippen molar-refractivity contribution in [1.82, 2.24) is 4.98 Å². The number of aryl methyl sites for hydroxylation is 1. The molecule has 1 heterocycles. The highest BCUT2D eigenvalue weighted by atomic mass is 32.1. The SMILES string of the molecule is Cc1nc(C#Cc2cccc(C(=O)Nc3cccc(F)c3)c2)cs1. The van der Waals surface area contributed by atoms with Crippen LogP contribution in [-0.2, 0) is 0 Å². The van der Waals surface area contributed by atoms with Gasteiger partial charge in [-0.1, -0.05) is 18.1 Å². The van der Waals surface area contributed by atoms with E-state index in [1.165, 1.54) is 12.1 Å². The smallest absolute Gasteiger partial charge is 0.255 e. The van der Waals surface area contributed by atoms with E-state index >= 15 is 0 Å². The van der Waals surface area contributed by atoms with E-state index in [0.29, 0.717) is 22.5 Å². The summed E-state index contributed by atoms with van der Waals surface area (Å²) in [6.07, 6.45) is 0. The minimum atomic E-state index is -0.397. The second kappa shape index (κ2) is 7.07. The molecule has 1 N–H and O–H groups in total. The van der Waals surface area contributed by atoms with Gasteiger partial charge in [0.15, 0.2) is 0 Å². The molecule has 118 valence electrons. The van der Waals surface area contributed by atoms with E-state index in [9.17, 15) is 9.18 Å². The van der Waals surface area contributed by atoms with Crippen molar-refractivity contribution in [2.24, 2.45) is 0 Å². The maximum atomic E-state index is 13.2. The third-order valence-electron chi connectivity index (χ3n) is 3.16. The highest BCUT2D eigenvalue weighted by Gasteiger charge is 2.07. The Kier molecular flexibility index (Phi) is 4.69. The van der Waals surface area contributed by atoms with Crippen LogP contribution in [0.15, 0.2) is 53.9 Å². The molecule has 1 aromatic heterocycles. The number of rotatable bonds is 2. The molecular weight excluding hydrogens is 323 g/mol. The predicted octanol–water partition coefficient (Wildman–Crippen LogP) is 4.24. The first-order valence-corrected chi connectivity index (χ1v) is 8.09. The van der Waals surface area contributed by atoms with E-state index < -0.39 is 5.82 Å². The zero-order valence-electron chi connectivity index (χ0n) is 12.8. The minimum Gasteiger partial charge on any atom is -0.322 e. The van der Waals surface area contributed by atoms with Crippen molar-refractivity contribution in [3.8, 4) is 11.8 Å². The summed E-state index contributed by atoms with van der Waals surface area (Å²) in [5.41, 5.74) is 2.30. The van der Waals surface area contributed by atoms with Gasteiger partial charge in [-0.2, -0.15) is 0 Å². The summed E-state index contributed by atoms with van der Waals surface area (Å²) in [5.74, 6) is 5.26. The van der Waals surface area contributed by atoms with Crippen molar-refractivity contribution in [3.05, 3.63) is 81.6 Å². The van der Waals surface area contributed by atoms with Crippen LogP contribution in [0.5, 0.6) is 0 Å². The zero-order valence-corrected chi connectivity index (χ0v) is 13.7. The second-order valence-electron chi connectivity index (χ2n) is 5.05. The standard InChI is InChI=1S/C19H13FN2OS/c1-13-21-18(12-24-13)9-8-14-4-2-5-15(10-14)19(23)22-17-7-3-6-16(20)11-17/h2-7,10-12H,1H3,(H,22,23). The molecule has 24 heavy (non-hydrogen) atoms. The number of anilines is 1. The number of aromatic nitrogens is 1. The molecule has 0 atom stereocenters. The summed E-state index contributed by atoms with van der Waals surface area (Å²) >= 11 is 1.54. The number of amides is 1. The highest BCUT2D eigenvalue weighted by molar-refractivity contribution is 7.09. The number of hydrogen-bond donors (Lipinski definition) is 1. The summed E-state index contributed by atoms with van der Waals surface area (Å²) in [4.78, 5) is 16.5. The average molecular weight is 336 g/mol. The lowest BCUT2D eigenvalue weighted by atomic mass is 10.1. The Bertz CT molecular complexity index is 953. The molecule has 0 fully saturated rings. The van der Waals surface area contributed by atoms with Gasteiger partial charge in [0, 0.05) is 22.2 Å². The number of nitrogens with one attached hydrogen (secondary N) is 1. The Morgan fingerprint density at radius 3 is 2.75 bits per heavy atom. The van der Waals surface area contributed by atoms with Gasteiger partial charge in [-0.25, -0.2) is 9.37 Å². The molecule has 0 saturated carbocycles. The molecule has 2 aromatic carbocycles. The molecule has 0 radical (unpaired) electrons. The lowest BCUT2D eigenvalue weighted by molar-refractivity contribution is 0.102. The van der Waals surface area contributed by atoms with Gasteiger partial charge in [-0.15, -0.1) is 11.3 Å². The quantitative estimate of drug-likeness (QED) is 0.711. The third kappa shape index (κ3) is 4.06. The lowest BCUT2D eigenvalue weighted by Gasteiger charge is -2.05. The van der Waals surface area contributed by atoms with Crippen molar-refractivity contribution in [2.45, 2.75) is 6.92 Å². The van der Waals surface area contributed by atoms with Crippen LogP contribution in [0.3, 0.4) is 0 Å². The second-order valence-corrected chi connectivity index (χ2v) is 6.11. The molecule has 1 amide bonds. The number of carbonyl (C=O) groups is 1. The average Bonchev–Trinajstić information content (AvgIpc) is 2.99. The van der Waals surface area contributed by atoms with E-state index in [1.807, 2.05) is 18.4 Å². The van der Waals surface area contributed by atoms with Crippen molar-refractivity contribution in [2.75, 3.05) is 5.32 Å². The van der Waals surface area contributed by atoms with Gasteiger partial charge < -0.3 is 5.32 Å². The van der Waals surface area contributed by atoms with Gasteiger partial charge in [0.25, 0.3) is 5.91 Å². The molecular formula is C19H13FN2OS. The van der Waals surface area contributed by atoms with Crippen LogP contribution in [0.1, 0.15) is 26.6 Å².